The van der Waals surface area contributed by atoms with Crippen molar-refractivity contribution in [3.05, 3.63) is 96.1 Å². The number of aliphatic hydroxyl groups is 2. The molecule has 2 amide bonds. The van der Waals surface area contributed by atoms with Crippen LogP contribution in [-0.2, 0) is 41.5 Å². The Labute approximate surface area is 233 Å². The summed E-state index contributed by atoms with van der Waals surface area (Å²) in [5.41, 5.74) is 1.68. The Balaban J connectivity index is 2.10. The molecule has 2 aromatic carbocycles. The molecule has 214 valence electrons. The fourth-order valence-electron chi connectivity index (χ4n) is 3.66. The van der Waals surface area contributed by atoms with E-state index in [1.807, 2.05) is 60.7 Å². The van der Waals surface area contributed by atoms with Crippen molar-refractivity contribution in [1.29, 1.82) is 0 Å². The van der Waals surface area contributed by atoms with Crippen molar-refractivity contribution in [1.82, 2.24) is 10.6 Å². The molecule has 0 heterocycles. The third-order valence-electron chi connectivity index (χ3n) is 5.59. The minimum absolute atomic E-state index is 0.180. The lowest BCUT2D eigenvalue weighted by Gasteiger charge is -2.23. The van der Waals surface area contributed by atoms with Crippen LogP contribution in [0.1, 0.15) is 25.0 Å². The largest absolute Gasteiger partial charge is 0.463 e. The average molecular weight is 553 g/mol. The van der Waals surface area contributed by atoms with Crippen LogP contribution in [0.3, 0.4) is 0 Å². The third-order valence-corrected chi connectivity index (χ3v) is 5.59. The highest BCUT2D eigenvalue weighted by molar-refractivity contribution is 5.91. The first kappa shape index (κ1) is 31.9. The van der Waals surface area contributed by atoms with Crippen molar-refractivity contribution in [3.8, 4) is 0 Å². The average Bonchev–Trinajstić information content (AvgIpc) is 2.95. The summed E-state index contributed by atoms with van der Waals surface area (Å²) in [6.45, 7) is 3.68. The molecule has 0 aliphatic carbocycles. The number of carbonyl (C=O) groups excluding carboxylic acids is 4. The van der Waals surface area contributed by atoms with Crippen molar-refractivity contribution in [3.63, 3.8) is 0 Å². The number of carbonyl (C=O) groups is 4. The Morgan fingerprint density at radius 1 is 0.675 bits per heavy atom. The molecule has 0 aromatic heterocycles. The van der Waals surface area contributed by atoms with E-state index in [2.05, 4.69) is 10.6 Å². The zero-order valence-corrected chi connectivity index (χ0v) is 22.6. The summed E-state index contributed by atoms with van der Waals surface area (Å²) in [6.07, 6.45) is 1.48. The van der Waals surface area contributed by atoms with E-state index in [1.54, 1.807) is 13.8 Å². The van der Waals surface area contributed by atoms with E-state index in [1.165, 1.54) is 12.2 Å². The molecule has 10 nitrogen and oxygen atoms in total. The van der Waals surface area contributed by atoms with Crippen LogP contribution >= 0.6 is 0 Å². The van der Waals surface area contributed by atoms with E-state index < -0.39 is 48.0 Å². The Morgan fingerprint density at radius 2 is 1.02 bits per heavy atom. The van der Waals surface area contributed by atoms with Crippen LogP contribution in [-0.4, -0.2) is 71.5 Å². The molecule has 0 aliphatic rings. The smallest absolute Gasteiger partial charge is 0.330 e. The SMILES string of the molecule is CCOC(=O)/C=C/[C@H](Cc1ccccc1)NC(=O)[C@H](O)[C@@H](O)C(=O)N[C@@H](/C=C/C(=O)OCC)Cc1ccccc1. The van der Waals surface area contributed by atoms with Crippen LogP contribution in [0.4, 0.5) is 0 Å². The Hall–Kier alpha value is -4.28. The molecular weight excluding hydrogens is 516 g/mol. The zero-order chi connectivity index (χ0) is 29.3. The molecule has 10 heteroatoms. The molecule has 0 aliphatic heterocycles. The summed E-state index contributed by atoms with van der Waals surface area (Å²) in [6, 6.07) is 16.7. The van der Waals surface area contributed by atoms with Gasteiger partial charge in [-0.3, -0.25) is 9.59 Å². The van der Waals surface area contributed by atoms with E-state index in [9.17, 15) is 29.4 Å². The number of hydrogen-bond acceptors (Lipinski definition) is 8. The van der Waals surface area contributed by atoms with E-state index in [0.29, 0.717) is 0 Å². The first-order valence-corrected chi connectivity index (χ1v) is 13.0. The van der Waals surface area contributed by atoms with Gasteiger partial charge in [0.2, 0.25) is 0 Å². The molecular formula is C30H36N2O8. The van der Waals surface area contributed by atoms with E-state index in [0.717, 1.165) is 23.3 Å². The topological polar surface area (TPSA) is 151 Å². The molecule has 0 unspecified atom stereocenters. The van der Waals surface area contributed by atoms with E-state index in [-0.39, 0.29) is 26.1 Å². The van der Waals surface area contributed by atoms with Crippen LogP contribution in [0.2, 0.25) is 0 Å². The lowest BCUT2D eigenvalue weighted by molar-refractivity contribution is -0.146. The monoisotopic (exact) mass is 552 g/mol. The Morgan fingerprint density at radius 3 is 1.35 bits per heavy atom. The lowest BCUT2D eigenvalue weighted by Crippen LogP contribution is -2.53. The summed E-state index contributed by atoms with van der Waals surface area (Å²) in [5.74, 6) is -3.23. The number of ether oxygens (including phenoxy) is 2. The molecule has 0 saturated heterocycles. The molecule has 0 saturated carbocycles. The van der Waals surface area contributed by atoms with Crippen LogP contribution in [0.15, 0.2) is 85.0 Å². The van der Waals surface area contributed by atoms with Gasteiger partial charge in [-0.1, -0.05) is 72.8 Å². The molecule has 0 fully saturated rings. The van der Waals surface area contributed by atoms with Crippen molar-refractivity contribution >= 4 is 23.8 Å². The predicted octanol–water partition coefficient (Wildman–Crippen LogP) is 1.40. The van der Waals surface area contributed by atoms with Gasteiger partial charge in [0.05, 0.1) is 25.3 Å². The highest BCUT2D eigenvalue weighted by Crippen LogP contribution is 2.08. The van der Waals surface area contributed by atoms with Crippen molar-refractivity contribution in [2.75, 3.05) is 13.2 Å². The molecule has 2 rings (SSSR count). The molecule has 4 N–H and O–H groups in total. The molecule has 0 spiro atoms. The number of esters is 2. The van der Waals surface area contributed by atoms with E-state index >= 15 is 0 Å². The van der Waals surface area contributed by atoms with Gasteiger partial charge >= 0.3 is 11.9 Å². The van der Waals surface area contributed by atoms with Gasteiger partial charge in [-0.25, -0.2) is 9.59 Å². The number of nitrogens with one attached hydrogen (secondary N) is 2. The Bertz CT molecular complexity index is 1060. The fourth-order valence-corrected chi connectivity index (χ4v) is 3.66. The first-order valence-electron chi connectivity index (χ1n) is 13.0. The van der Waals surface area contributed by atoms with Gasteiger partial charge in [-0.15, -0.1) is 0 Å². The maximum Gasteiger partial charge on any atom is 0.330 e. The van der Waals surface area contributed by atoms with Crippen molar-refractivity contribution in [2.45, 2.75) is 51.0 Å². The molecule has 2 aromatic rings. The summed E-state index contributed by atoms with van der Waals surface area (Å²) in [5, 5.41) is 26.1. The number of rotatable bonds is 15. The second-order valence-corrected chi connectivity index (χ2v) is 8.72. The first-order chi connectivity index (χ1) is 19.2. The number of amides is 2. The van der Waals surface area contributed by atoms with Gasteiger partial charge in [-0.2, -0.15) is 0 Å². The maximum absolute atomic E-state index is 12.8. The van der Waals surface area contributed by atoms with Crippen LogP contribution in [0, 0.1) is 0 Å². The van der Waals surface area contributed by atoms with Crippen LogP contribution < -0.4 is 10.6 Å². The van der Waals surface area contributed by atoms with Gasteiger partial charge in [0, 0.05) is 12.2 Å². The summed E-state index contributed by atoms with van der Waals surface area (Å²) in [7, 11) is 0. The minimum atomic E-state index is -2.11. The molecule has 4 atom stereocenters. The second kappa shape index (κ2) is 17.3. The van der Waals surface area contributed by atoms with Gasteiger partial charge in [0.25, 0.3) is 11.8 Å². The molecule has 40 heavy (non-hydrogen) atoms. The van der Waals surface area contributed by atoms with Gasteiger partial charge in [0.1, 0.15) is 0 Å². The molecule has 0 radical (unpaired) electrons. The molecule has 0 bridgehead atoms. The standard InChI is InChI=1S/C30H36N2O8/c1-3-39-25(33)17-15-23(19-21-11-7-5-8-12-21)31-29(37)27(35)28(36)30(38)32-24(16-18-26(34)40-4-2)20-22-13-9-6-10-14-22/h5-18,23-24,27-28,35-36H,3-4,19-20H2,1-2H3,(H,31,37)(H,32,38)/b17-15+,18-16+/t23-,24+,27-,28-/m1/s1. The van der Waals surface area contributed by atoms with Gasteiger partial charge in [-0.05, 0) is 37.8 Å². The number of benzene rings is 2. The highest BCUT2D eigenvalue weighted by Gasteiger charge is 2.32. The summed E-state index contributed by atoms with van der Waals surface area (Å²) in [4.78, 5) is 49.2. The Kier molecular flexibility index (Phi) is 13.8. The van der Waals surface area contributed by atoms with Crippen molar-refractivity contribution < 1.29 is 38.9 Å². The predicted molar refractivity (Wildman–Crippen MR) is 148 cm³/mol. The van der Waals surface area contributed by atoms with Gasteiger partial charge < -0.3 is 30.3 Å². The normalized spacial score (nSPS) is 14.2. The summed E-state index contributed by atoms with van der Waals surface area (Å²) < 4.78 is 9.75. The number of aliphatic hydroxyl groups excluding tert-OH is 2. The zero-order valence-electron chi connectivity index (χ0n) is 22.6. The van der Waals surface area contributed by atoms with Crippen molar-refractivity contribution in [2.24, 2.45) is 0 Å². The second-order valence-electron chi connectivity index (χ2n) is 8.72. The summed E-state index contributed by atoms with van der Waals surface area (Å²) >= 11 is 0. The van der Waals surface area contributed by atoms with Crippen LogP contribution in [0.25, 0.3) is 0 Å². The third kappa shape index (κ3) is 11.6. The fraction of sp³-hybridized carbons (Fsp3) is 0.333. The van der Waals surface area contributed by atoms with Crippen LogP contribution in [0.5, 0.6) is 0 Å². The lowest BCUT2D eigenvalue weighted by atomic mass is 10.0. The van der Waals surface area contributed by atoms with E-state index in [4.69, 9.17) is 9.47 Å². The highest BCUT2D eigenvalue weighted by atomic mass is 16.5. The number of hydrogen-bond donors (Lipinski definition) is 4. The van der Waals surface area contributed by atoms with Gasteiger partial charge in [0.15, 0.2) is 12.2 Å². The maximum atomic E-state index is 12.8. The minimum Gasteiger partial charge on any atom is -0.463 e. The quantitative estimate of drug-likeness (QED) is 0.191.